The van der Waals surface area contributed by atoms with Crippen LogP contribution in [-0.2, 0) is 20.0 Å². The van der Waals surface area contributed by atoms with Gasteiger partial charge in [0.1, 0.15) is 11.5 Å². The molecule has 1 saturated heterocycles. The fourth-order valence-corrected chi connectivity index (χ4v) is 7.81. The summed E-state index contributed by atoms with van der Waals surface area (Å²) in [5.74, 6) is 1.52. The summed E-state index contributed by atoms with van der Waals surface area (Å²) in [6, 6.07) is 9.35. The van der Waals surface area contributed by atoms with E-state index in [2.05, 4.69) is 0 Å². The van der Waals surface area contributed by atoms with Gasteiger partial charge < -0.3 is 9.47 Å². The van der Waals surface area contributed by atoms with Crippen LogP contribution in [0.2, 0.25) is 0 Å². The van der Waals surface area contributed by atoms with Crippen LogP contribution in [0.5, 0.6) is 11.5 Å². The third kappa shape index (κ3) is 6.13. The van der Waals surface area contributed by atoms with Gasteiger partial charge in [-0.15, -0.1) is 0 Å². The van der Waals surface area contributed by atoms with Crippen LogP contribution in [0.15, 0.2) is 46.2 Å². The summed E-state index contributed by atoms with van der Waals surface area (Å²) in [5, 5.41) is 0. The second-order valence-electron chi connectivity index (χ2n) is 9.90. The van der Waals surface area contributed by atoms with E-state index in [4.69, 9.17) is 9.47 Å². The SMILES string of the molecule is CCOc1ccc(S(=O)(=O)N2CCN(S(=O)(=O)c3ccc(OCC)c(C(C)C)c3)[C@@H](C)C2)cc1C(C)C. The van der Waals surface area contributed by atoms with E-state index in [-0.39, 0.29) is 41.3 Å². The second-order valence-corrected chi connectivity index (χ2v) is 13.7. The number of hydrogen-bond acceptors (Lipinski definition) is 6. The molecular weight excluding hydrogens is 512 g/mol. The van der Waals surface area contributed by atoms with Crippen molar-refractivity contribution in [2.45, 2.75) is 76.1 Å². The number of hydrogen-bond donors (Lipinski definition) is 0. The zero-order valence-electron chi connectivity index (χ0n) is 22.9. The normalized spacial score (nSPS) is 17.9. The van der Waals surface area contributed by atoms with Gasteiger partial charge in [0.25, 0.3) is 0 Å². The van der Waals surface area contributed by atoms with Crippen molar-refractivity contribution >= 4 is 20.0 Å². The first-order chi connectivity index (χ1) is 17.3. The molecule has 8 nitrogen and oxygen atoms in total. The van der Waals surface area contributed by atoms with Crippen molar-refractivity contribution in [1.29, 1.82) is 0 Å². The molecule has 2 aromatic carbocycles. The van der Waals surface area contributed by atoms with Crippen molar-refractivity contribution in [2.75, 3.05) is 32.8 Å². The lowest BCUT2D eigenvalue weighted by atomic mass is 10.0. The van der Waals surface area contributed by atoms with E-state index in [1.807, 2.05) is 41.5 Å². The van der Waals surface area contributed by atoms with E-state index in [0.717, 1.165) is 11.1 Å². The molecule has 0 radical (unpaired) electrons. The highest BCUT2D eigenvalue weighted by molar-refractivity contribution is 7.89. The van der Waals surface area contributed by atoms with Crippen molar-refractivity contribution in [1.82, 2.24) is 8.61 Å². The number of rotatable bonds is 10. The van der Waals surface area contributed by atoms with Crippen LogP contribution in [0.3, 0.4) is 0 Å². The fraction of sp³-hybridized carbons (Fsp3) is 0.556. The number of piperazine rings is 1. The molecule has 1 atom stereocenters. The van der Waals surface area contributed by atoms with Gasteiger partial charge in [-0.05, 0) is 80.1 Å². The second kappa shape index (κ2) is 11.7. The van der Waals surface area contributed by atoms with Crippen LogP contribution in [-0.4, -0.2) is 64.3 Å². The molecule has 1 fully saturated rings. The monoisotopic (exact) mass is 552 g/mol. The minimum Gasteiger partial charge on any atom is -0.494 e. The van der Waals surface area contributed by atoms with E-state index in [9.17, 15) is 16.8 Å². The Morgan fingerprint density at radius 3 is 1.65 bits per heavy atom. The summed E-state index contributed by atoms with van der Waals surface area (Å²) >= 11 is 0. The van der Waals surface area contributed by atoms with Crippen LogP contribution in [0, 0.1) is 0 Å². The van der Waals surface area contributed by atoms with Gasteiger partial charge in [0, 0.05) is 25.7 Å². The van der Waals surface area contributed by atoms with Crippen LogP contribution in [0.4, 0.5) is 0 Å². The number of nitrogens with zero attached hydrogens (tertiary/aromatic N) is 2. The molecule has 37 heavy (non-hydrogen) atoms. The van der Waals surface area contributed by atoms with Crippen LogP contribution >= 0.6 is 0 Å². The van der Waals surface area contributed by atoms with Gasteiger partial charge in [0.15, 0.2) is 0 Å². The maximum atomic E-state index is 13.6. The van der Waals surface area contributed by atoms with Gasteiger partial charge in [-0.1, -0.05) is 27.7 Å². The lowest BCUT2D eigenvalue weighted by Gasteiger charge is -2.38. The summed E-state index contributed by atoms with van der Waals surface area (Å²) < 4.78 is 68.4. The number of sulfonamides is 2. The molecule has 3 rings (SSSR count). The third-order valence-electron chi connectivity index (χ3n) is 6.58. The van der Waals surface area contributed by atoms with Crippen molar-refractivity contribution in [3.8, 4) is 11.5 Å². The number of benzene rings is 2. The maximum Gasteiger partial charge on any atom is 0.243 e. The minimum atomic E-state index is -3.82. The van der Waals surface area contributed by atoms with Gasteiger partial charge in [-0.3, -0.25) is 0 Å². The molecular formula is C27H40N2O6S2. The highest BCUT2D eigenvalue weighted by atomic mass is 32.2. The van der Waals surface area contributed by atoms with Gasteiger partial charge in [-0.2, -0.15) is 8.61 Å². The van der Waals surface area contributed by atoms with Gasteiger partial charge in [0.05, 0.1) is 23.0 Å². The highest BCUT2D eigenvalue weighted by Gasteiger charge is 2.38. The molecule has 10 heteroatoms. The first-order valence-corrected chi connectivity index (χ1v) is 15.8. The van der Waals surface area contributed by atoms with Crippen LogP contribution < -0.4 is 9.47 Å². The topological polar surface area (TPSA) is 93.2 Å². The maximum absolute atomic E-state index is 13.6. The van der Waals surface area contributed by atoms with E-state index in [1.165, 1.54) is 8.61 Å². The van der Waals surface area contributed by atoms with Gasteiger partial charge >= 0.3 is 0 Å². The predicted octanol–water partition coefficient (Wildman–Crippen LogP) is 4.81. The van der Waals surface area contributed by atoms with Crippen molar-refractivity contribution in [3.05, 3.63) is 47.5 Å². The van der Waals surface area contributed by atoms with Gasteiger partial charge in [0.2, 0.25) is 20.0 Å². The largest absolute Gasteiger partial charge is 0.494 e. The Bertz CT molecular complexity index is 1310. The molecule has 0 amide bonds. The first-order valence-electron chi connectivity index (χ1n) is 12.9. The summed E-state index contributed by atoms with van der Waals surface area (Å²) in [7, 11) is -7.63. The van der Waals surface area contributed by atoms with Crippen molar-refractivity contribution < 1.29 is 26.3 Å². The van der Waals surface area contributed by atoms with E-state index in [1.54, 1.807) is 43.3 Å². The van der Waals surface area contributed by atoms with E-state index < -0.39 is 26.1 Å². The Balaban J connectivity index is 1.86. The Labute approximate surface area is 222 Å². The molecule has 0 unspecified atom stereocenters. The lowest BCUT2D eigenvalue weighted by molar-refractivity contribution is 0.212. The smallest absolute Gasteiger partial charge is 0.243 e. The zero-order chi connectivity index (χ0) is 27.5. The molecule has 0 aromatic heterocycles. The summed E-state index contributed by atoms with van der Waals surface area (Å²) in [6.07, 6.45) is 0. The van der Waals surface area contributed by atoms with Crippen LogP contribution in [0.25, 0.3) is 0 Å². The molecule has 0 spiro atoms. The molecule has 0 aliphatic carbocycles. The molecule has 1 heterocycles. The Morgan fingerprint density at radius 2 is 1.24 bits per heavy atom. The summed E-state index contributed by atoms with van der Waals surface area (Å²) in [4.78, 5) is 0.382. The molecule has 0 bridgehead atoms. The highest BCUT2D eigenvalue weighted by Crippen LogP contribution is 2.33. The summed E-state index contributed by atoms with van der Waals surface area (Å²) in [6.45, 7) is 14.7. The fourth-order valence-electron chi connectivity index (χ4n) is 4.62. The molecule has 206 valence electrons. The van der Waals surface area contributed by atoms with E-state index in [0.29, 0.717) is 24.7 Å². The Morgan fingerprint density at radius 1 is 0.784 bits per heavy atom. The first kappa shape index (κ1) is 29.4. The average molecular weight is 553 g/mol. The van der Waals surface area contributed by atoms with E-state index >= 15 is 0 Å². The molecule has 0 saturated carbocycles. The Kier molecular flexibility index (Phi) is 9.32. The molecule has 1 aliphatic rings. The number of ether oxygens (including phenoxy) is 2. The molecule has 2 aromatic rings. The van der Waals surface area contributed by atoms with Gasteiger partial charge in [-0.25, -0.2) is 16.8 Å². The summed E-state index contributed by atoms with van der Waals surface area (Å²) in [5.41, 5.74) is 1.65. The van der Waals surface area contributed by atoms with Crippen LogP contribution in [0.1, 0.15) is 71.4 Å². The van der Waals surface area contributed by atoms with Crippen molar-refractivity contribution in [3.63, 3.8) is 0 Å². The van der Waals surface area contributed by atoms with Crippen molar-refractivity contribution in [2.24, 2.45) is 0 Å². The lowest BCUT2D eigenvalue weighted by Crippen LogP contribution is -2.55. The standard InChI is InChI=1S/C27H40N2O6S2/c1-8-34-26-12-10-22(16-24(26)19(3)4)36(30,31)28-14-15-29(21(7)18-28)37(32,33)23-11-13-27(35-9-2)25(17-23)20(5)6/h10-13,16-17,19-21H,8-9,14-15,18H2,1-7H3/t21-/m0/s1. The minimum absolute atomic E-state index is 0.0693. The third-order valence-corrected chi connectivity index (χ3v) is 10.5. The zero-order valence-corrected chi connectivity index (χ0v) is 24.5. The average Bonchev–Trinajstić information content (AvgIpc) is 2.84. The predicted molar refractivity (Wildman–Crippen MR) is 146 cm³/mol. The Hall–Kier alpha value is -2.14. The molecule has 0 N–H and O–H groups in total. The quantitative estimate of drug-likeness (QED) is 0.420. The molecule has 1 aliphatic heterocycles.